The third-order valence-electron chi connectivity index (χ3n) is 3.65. The fraction of sp³-hybridized carbons (Fsp3) is 0.923. The number of hydrogen-bond donors (Lipinski definition) is 2. The largest absolute Gasteiger partial charge is 0.481 e. The number of rotatable bonds is 7. The van der Waals surface area contributed by atoms with Crippen LogP contribution in [0, 0.1) is 5.92 Å². The highest BCUT2D eigenvalue weighted by molar-refractivity contribution is 5.70. The fourth-order valence-electron chi connectivity index (χ4n) is 2.51. The second kappa shape index (κ2) is 7.07. The first-order valence-electron chi connectivity index (χ1n) is 6.68. The van der Waals surface area contributed by atoms with Crippen LogP contribution in [-0.2, 0) is 9.53 Å². The topological polar surface area (TPSA) is 70.0 Å². The number of ether oxygens (including phenoxy) is 1. The highest BCUT2D eigenvalue weighted by Gasteiger charge is 2.36. The number of likely N-dealkylation sites (N-methyl/N-ethyl adjacent to an activating group) is 1. The van der Waals surface area contributed by atoms with Crippen LogP contribution in [0.15, 0.2) is 0 Å². The van der Waals surface area contributed by atoms with E-state index in [0.29, 0.717) is 45.4 Å². The van der Waals surface area contributed by atoms with Crippen LogP contribution < -0.4 is 0 Å². The van der Waals surface area contributed by atoms with Crippen molar-refractivity contribution in [1.29, 1.82) is 0 Å². The molecule has 0 atom stereocenters. The first kappa shape index (κ1) is 15.4. The molecule has 1 aliphatic carbocycles. The average molecular weight is 259 g/mol. The van der Waals surface area contributed by atoms with Crippen LogP contribution in [-0.4, -0.2) is 60.0 Å². The summed E-state index contributed by atoms with van der Waals surface area (Å²) in [6.07, 6.45) is 2.29. The van der Waals surface area contributed by atoms with Gasteiger partial charge in [0.1, 0.15) is 0 Å². The third kappa shape index (κ3) is 4.92. The van der Waals surface area contributed by atoms with Gasteiger partial charge in [0, 0.05) is 19.7 Å². The van der Waals surface area contributed by atoms with E-state index >= 15 is 0 Å². The summed E-state index contributed by atoms with van der Waals surface area (Å²) in [5, 5.41) is 19.3. The zero-order chi connectivity index (χ0) is 13.6. The molecule has 18 heavy (non-hydrogen) atoms. The molecule has 0 spiro atoms. The van der Waals surface area contributed by atoms with Gasteiger partial charge >= 0.3 is 5.97 Å². The molecule has 0 aromatic heterocycles. The van der Waals surface area contributed by atoms with Crippen molar-refractivity contribution in [2.45, 2.75) is 38.2 Å². The van der Waals surface area contributed by atoms with E-state index in [9.17, 15) is 9.90 Å². The molecule has 0 bridgehead atoms. The molecule has 5 nitrogen and oxygen atoms in total. The zero-order valence-corrected chi connectivity index (χ0v) is 11.4. The lowest BCUT2D eigenvalue weighted by Gasteiger charge is -2.37. The molecule has 2 N–H and O–H groups in total. The maximum Gasteiger partial charge on any atom is 0.306 e. The summed E-state index contributed by atoms with van der Waals surface area (Å²) in [7, 11) is 1.96. The summed E-state index contributed by atoms with van der Waals surface area (Å²) in [6.45, 7) is 4.71. The van der Waals surface area contributed by atoms with E-state index < -0.39 is 11.6 Å². The number of aliphatic carboxylic acids is 1. The van der Waals surface area contributed by atoms with E-state index in [2.05, 4.69) is 4.90 Å². The van der Waals surface area contributed by atoms with Crippen LogP contribution in [0.2, 0.25) is 0 Å². The molecule has 0 aromatic carbocycles. The molecule has 0 amide bonds. The van der Waals surface area contributed by atoms with Gasteiger partial charge in [0.05, 0.1) is 18.1 Å². The van der Waals surface area contributed by atoms with Crippen molar-refractivity contribution < 1.29 is 19.7 Å². The normalized spacial score (nSPS) is 28.6. The van der Waals surface area contributed by atoms with Crippen molar-refractivity contribution in [1.82, 2.24) is 4.90 Å². The van der Waals surface area contributed by atoms with Gasteiger partial charge in [0.2, 0.25) is 0 Å². The smallest absolute Gasteiger partial charge is 0.306 e. The molecular formula is C13H25NO4. The zero-order valence-electron chi connectivity index (χ0n) is 11.4. The lowest BCUT2D eigenvalue weighted by molar-refractivity contribution is -0.145. The quantitative estimate of drug-likeness (QED) is 0.666. The van der Waals surface area contributed by atoms with Crippen LogP contribution in [0.3, 0.4) is 0 Å². The third-order valence-corrected chi connectivity index (χ3v) is 3.65. The van der Waals surface area contributed by atoms with E-state index in [1.54, 1.807) is 0 Å². The Hall–Kier alpha value is -0.650. The van der Waals surface area contributed by atoms with Gasteiger partial charge in [0.15, 0.2) is 0 Å². The maximum atomic E-state index is 10.9. The summed E-state index contributed by atoms with van der Waals surface area (Å²) >= 11 is 0. The number of nitrogens with zero attached hydrogens (tertiary/aromatic N) is 1. The minimum Gasteiger partial charge on any atom is -0.481 e. The first-order chi connectivity index (χ1) is 8.47. The molecule has 0 unspecified atom stereocenters. The number of carboxylic acid groups (broad SMARTS) is 1. The van der Waals surface area contributed by atoms with E-state index in [1.807, 2.05) is 14.0 Å². The Morgan fingerprint density at radius 2 is 2.06 bits per heavy atom. The summed E-state index contributed by atoms with van der Waals surface area (Å²) in [4.78, 5) is 12.9. The van der Waals surface area contributed by atoms with Gasteiger partial charge < -0.3 is 19.8 Å². The van der Waals surface area contributed by atoms with Gasteiger partial charge in [-0.25, -0.2) is 0 Å². The molecule has 0 radical (unpaired) electrons. The van der Waals surface area contributed by atoms with Crippen molar-refractivity contribution in [2.24, 2.45) is 5.92 Å². The number of carbonyl (C=O) groups is 1. The summed E-state index contributed by atoms with van der Waals surface area (Å²) in [5.74, 6) is -1.01. The van der Waals surface area contributed by atoms with E-state index in [4.69, 9.17) is 9.84 Å². The molecule has 0 saturated heterocycles. The van der Waals surface area contributed by atoms with Gasteiger partial charge in [-0.15, -0.1) is 0 Å². The van der Waals surface area contributed by atoms with Crippen LogP contribution >= 0.6 is 0 Å². The standard InChI is InChI=1S/C13H25NO4/c1-3-18-9-8-14(2)10-13(17)6-4-11(5-7-13)12(15)16/h11,17H,3-10H2,1-2H3,(H,15,16). The van der Waals surface area contributed by atoms with Crippen LogP contribution in [0.5, 0.6) is 0 Å². The number of hydrogen-bond acceptors (Lipinski definition) is 4. The van der Waals surface area contributed by atoms with Crippen LogP contribution in [0.25, 0.3) is 0 Å². The van der Waals surface area contributed by atoms with Gasteiger partial charge in [-0.05, 0) is 39.7 Å². The Balaban J connectivity index is 2.31. The number of carboxylic acids is 1. The minimum absolute atomic E-state index is 0.279. The Bertz CT molecular complexity index is 262. The van der Waals surface area contributed by atoms with Crippen molar-refractivity contribution in [3.63, 3.8) is 0 Å². The Kier molecular flexibility index (Phi) is 6.05. The predicted octanol–water partition coefficient (Wildman–Crippen LogP) is 0.961. The first-order valence-corrected chi connectivity index (χ1v) is 6.68. The molecule has 1 aliphatic rings. The Morgan fingerprint density at radius 3 is 2.56 bits per heavy atom. The van der Waals surface area contributed by atoms with Gasteiger partial charge in [-0.3, -0.25) is 4.79 Å². The van der Waals surface area contributed by atoms with Crippen LogP contribution in [0.4, 0.5) is 0 Å². The highest BCUT2D eigenvalue weighted by atomic mass is 16.5. The summed E-state index contributed by atoms with van der Waals surface area (Å²) < 4.78 is 5.27. The molecule has 0 heterocycles. The van der Waals surface area contributed by atoms with E-state index in [-0.39, 0.29) is 5.92 Å². The second-order valence-electron chi connectivity index (χ2n) is 5.27. The molecule has 1 rings (SSSR count). The maximum absolute atomic E-state index is 10.9. The SMILES string of the molecule is CCOCCN(C)CC1(O)CCC(C(=O)O)CC1. The number of aliphatic hydroxyl groups is 1. The van der Waals surface area contributed by atoms with Crippen molar-refractivity contribution >= 4 is 5.97 Å². The van der Waals surface area contributed by atoms with E-state index in [1.165, 1.54) is 0 Å². The molecule has 5 heteroatoms. The van der Waals surface area contributed by atoms with Crippen LogP contribution in [0.1, 0.15) is 32.6 Å². The highest BCUT2D eigenvalue weighted by Crippen LogP contribution is 2.32. The molecule has 0 aliphatic heterocycles. The fourth-order valence-corrected chi connectivity index (χ4v) is 2.51. The molecular weight excluding hydrogens is 234 g/mol. The average Bonchev–Trinajstić information content (AvgIpc) is 2.29. The molecule has 0 aromatic rings. The van der Waals surface area contributed by atoms with Crippen molar-refractivity contribution in [2.75, 3.05) is 33.4 Å². The van der Waals surface area contributed by atoms with Gasteiger partial charge in [-0.1, -0.05) is 0 Å². The van der Waals surface area contributed by atoms with Gasteiger partial charge in [-0.2, -0.15) is 0 Å². The van der Waals surface area contributed by atoms with Crippen molar-refractivity contribution in [3.05, 3.63) is 0 Å². The van der Waals surface area contributed by atoms with E-state index in [0.717, 1.165) is 6.54 Å². The van der Waals surface area contributed by atoms with Gasteiger partial charge in [0.25, 0.3) is 0 Å². The van der Waals surface area contributed by atoms with Crippen molar-refractivity contribution in [3.8, 4) is 0 Å². The summed E-state index contributed by atoms with van der Waals surface area (Å²) in [5.41, 5.74) is -0.729. The molecule has 1 fully saturated rings. The second-order valence-corrected chi connectivity index (χ2v) is 5.27. The molecule has 1 saturated carbocycles. The predicted molar refractivity (Wildman–Crippen MR) is 68.5 cm³/mol. The minimum atomic E-state index is -0.734. The molecule has 106 valence electrons. The lowest BCUT2D eigenvalue weighted by Crippen LogP contribution is -2.45. The Morgan fingerprint density at radius 1 is 1.44 bits per heavy atom. The summed E-state index contributed by atoms with van der Waals surface area (Å²) in [6, 6.07) is 0. The Labute approximate surface area is 109 Å². The lowest BCUT2D eigenvalue weighted by atomic mass is 9.78. The monoisotopic (exact) mass is 259 g/mol.